The molecule has 0 bridgehead atoms. The number of amides is 1. The molecule has 0 spiro atoms. The van der Waals surface area contributed by atoms with Crippen molar-refractivity contribution >= 4 is 26.8 Å². The van der Waals surface area contributed by atoms with E-state index in [2.05, 4.69) is 18.8 Å². The normalized spacial score (nSPS) is 22.3. The highest BCUT2D eigenvalue weighted by molar-refractivity contribution is 7.89. The number of hydrogen-bond donors (Lipinski definition) is 1. The molecule has 2 aliphatic rings. The zero-order chi connectivity index (χ0) is 24.3. The molecule has 1 N–H and O–H groups in total. The van der Waals surface area contributed by atoms with Gasteiger partial charge in [-0.3, -0.25) is 9.59 Å². The Bertz CT molecular complexity index is 1230. The van der Waals surface area contributed by atoms with E-state index in [4.69, 9.17) is 0 Å². The standard InChI is InChI=1S/C26H35N3O4S/c1-3-14-28-18-22(26(31)27-23-11-7-6-10-19(23)2)25(30)21-17-20(12-13-24(21)28)34(32,33)29-15-8-4-5-9-16-29/h3,12-13,17-19,23H,1,4-11,14-16H2,2H3,(H,27,31). The molecule has 2 heterocycles. The van der Waals surface area contributed by atoms with Gasteiger partial charge in [0.15, 0.2) is 0 Å². The van der Waals surface area contributed by atoms with Crippen molar-refractivity contribution in [1.82, 2.24) is 14.2 Å². The van der Waals surface area contributed by atoms with Crippen LogP contribution >= 0.6 is 0 Å². The van der Waals surface area contributed by atoms with Crippen LogP contribution in [0.2, 0.25) is 0 Å². The SMILES string of the molecule is C=CCn1cc(C(=O)NC2CCCCC2C)c(=O)c2cc(S(=O)(=O)N3CCCCCC3)ccc21. The summed E-state index contributed by atoms with van der Waals surface area (Å²) >= 11 is 0. The van der Waals surface area contributed by atoms with Gasteiger partial charge in [0, 0.05) is 37.3 Å². The number of benzene rings is 1. The van der Waals surface area contributed by atoms with Gasteiger partial charge >= 0.3 is 0 Å². The minimum Gasteiger partial charge on any atom is -0.349 e. The van der Waals surface area contributed by atoms with Crippen molar-refractivity contribution in [3.63, 3.8) is 0 Å². The van der Waals surface area contributed by atoms with Crippen molar-refractivity contribution < 1.29 is 13.2 Å². The summed E-state index contributed by atoms with van der Waals surface area (Å²) in [5.41, 5.74) is 0.183. The zero-order valence-electron chi connectivity index (χ0n) is 20.0. The van der Waals surface area contributed by atoms with Crippen molar-refractivity contribution in [3.8, 4) is 0 Å². The summed E-state index contributed by atoms with van der Waals surface area (Å²) in [7, 11) is -3.72. The number of sulfonamides is 1. The van der Waals surface area contributed by atoms with Crippen molar-refractivity contribution in [3.05, 3.63) is 52.8 Å². The number of carbonyl (C=O) groups excluding carboxylic acids is 1. The molecule has 1 aliphatic carbocycles. The second-order valence-electron chi connectivity index (χ2n) is 9.65. The lowest BCUT2D eigenvalue weighted by atomic mass is 9.86. The monoisotopic (exact) mass is 485 g/mol. The molecule has 184 valence electrons. The average Bonchev–Trinajstić information content (AvgIpc) is 3.12. The quantitative estimate of drug-likeness (QED) is 0.625. The third-order valence-corrected chi connectivity index (χ3v) is 9.15. The predicted molar refractivity (Wildman–Crippen MR) is 135 cm³/mol. The van der Waals surface area contributed by atoms with Crippen LogP contribution in [-0.2, 0) is 16.6 Å². The fourth-order valence-electron chi connectivity index (χ4n) is 5.20. The van der Waals surface area contributed by atoms with E-state index in [-0.39, 0.29) is 21.9 Å². The fourth-order valence-corrected chi connectivity index (χ4v) is 6.74. The van der Waals surface area contributed by atoms with E-state index in [1.807, 2.05) is 0 Å². The van der Waals surface area contributed by atoms with E-state index in [9.17, 15) is 18.0 Å². The summed E-state index contributed by atoms with van der Waals surface area (Å²) < 4.78 is 30.0. The van der Waals surface area contributed by atoms with E-state index in [0.29, 0.717) is 31.1 Å². The maximum atomic E-state index is 13.5. The molecule has 1 aromatic heterocycles. The lowest BCUT2D eigenvalue weighted by Gasteiger charge is -2.29. The minimum atomic E-state index is -3.72. The van der Waals surface area contributed by atoms with Gasteiger partial charge in [-0.1, -0.05) is 38.7 Å². The first-order valence-corrected chi connectivity index (χ1v) is 13.9. The first kappa shape index (κ1) is 24.7. The number of carbonyl (C=O) groups is 1. The lowest BCUT2D eigenvalue weighted by Crippen LogP contribution is -2.42. The Morgan fingerprint density at radius 2 is 1.82 bits per heavy atom. The molecule has 2 fully saturated rings. The second-order valence-corrected chi connectivity index (χ2v) is 11.6. The Morgan fingerprint density at radius 1 is 1.12 bits per heavy atom. The Morgan fingerprint density at radius 3 is 2.50 bits per heavy atom. The molecule has 2 unspecified atom stereocenters. The van der Waals surface area contributed by atoms with Crippen molar-refractivity contribution in [1.29, 1.82) is 0 Å². The van der Waals surface area contributed by atoms with Crippen LogP contribution in [0.5, 0.6) is 0 Å². The van der Waals surface area contributed by atoms with Crippen LogP contribution in [0.3, 0.4) is 0 Å². The first-order valence-electron chi connectivity index (χ1n) is 12.4. The molecule has 8 heteroatoms. The average molecular weight is 486 g/mol. The van der Waals surface area contributed by atoms with E-state index in [1.165, 1.54) is 10.4 Å². The van der Waals surface area contributed by atoms with Crippen molar-refractivity contribution in [2.45, 2.75) is 75.8 Å². The van der Waals surface area contributed by atoms with Gasteiger partial charge in [-0.25, -0.2) is 8.42 Å². The first-order chi connectivity index (χ1) is 16.3. The molecule has 1 aliphatic heterocycles. The van der Waals surface area contributed by atoms with E-state index in [1.54, 1.807) is 29.0 Å². The maximum absolute atomic E-state index is 13.5. The zero-order valence-corrected chi connectivity index (χ0v) is 20.8. The van der Waals surface area contributed by atoms with Crippen LogP contribution < -0.4 is 10.7 Å². The van der Waals surface area contributed by atoms with Gasteiger partial charge < -0.3 is 9.88 Å². The van der Waals surface area contributed by atoms with Crippen LogP contribution in [0.25, 0.3) is 10.9 Å². The molecule has 1 aromatic carbocycles. The van der Waals surface area contributed by atoms with Crippen molar-refractivity contribution in [2.75, 3.05) is 13.1 Å². The number of aromatic nitrogens is 1. The Balaban J connectivity index is 1.76. The molecule has 2 atom stereocenters. The lowest BCUT2D eigenvalue weighted by molar-refractivity contribution is 0.0908. The highest BCUT2D eigenvalue weighted by atomic mass is 32.2. The summed E-state index contributed by atoms with van der Waals surface area (Å²) in [6.07, 6.45) is 11.2. The molecule has 34 heavy (non-hydrogen) atoms. The van der Waals surface area contributed by atoms with Crippen LogP contribution in [0, 0.1) is 5.92 Å². The smallest absolute Gasteiger partial charge is 0.256 e. The van der Waals surface area contributed by atoms with Gasteiger partial charge in [0.2, 0.25) is 15.5 Å². The third kappa shape index (κ3) is 4.98. The summed E-state index contributed by atoms with van der Waals surface area (Å²) in [5.74, 6) is -0.0387. The number of allylic oxidation sites excluding steroid dienone is 1. The highest BCUT2D eigenvalue weighted by Gasteiger charge is 2.28. The van der Waals surface area contributed by atoms with Gasteiger partial charge in [-0.15, -0.1) is 6.58 Å². The number of nitrogens with zero attached hydrogens (tertiary/aromatic N) is 2. The Hall–Kier alpha value is -2.45. The maximum Gasteiger partial charge on any atom is 0.256 e. The minimum absolute atomic E-state index is 0.0384. The summed E-state index contributed by atoms with van der Waals surface area (Å²) in [6, 6.07) is 4.71. The van der Waals surface area contributed by atoms with Crippen LogP contribution in [0.4, 0.5) is 0 Å². The van der Waals surface area contributed by atoms with Crippen LogP contribution in [-0.4, -0.2) is 42.3 Å². The Kier molecular flexibility index (Phi) is 7.57. The number of pyridine rings is 1. The van der Waals surface area contributed by atoms with Crippen LogP contribution in [0.15, 0.2) is 46.7 Å². The number of fused-ring (bicyclic) bond motifs is 1. The van der Waals surface area contributed by atoms with E-state index < -0.39 is 21.4 Å². The molecule has 4 rings (SSSR count). The molecular formula is C26H35N3O4S. The van der Waals surface area contributed by atoms with Crippen LogP contribution in [0.1, 0.15) is 68.6 Å². The van der Waals surface area contributed by atoms with Gasteiger partial charge in [0.1, 0.15) is 5.56 Å². The molecule has 1 saturated heterocycles. The predicted octanol–water partition coefficient (Wildman–Crippen LogP) is 4.06. The summed E-state index contributed by atoms with van der Waals surface area (Å²) in [4.78, 5) is 26.7. The van der Waals surface area contributed by atoms with E-state index >= 15 is 0 Å². The van der Waals surface area contributed by atoms with Gasteiger partial charge in [0.05, 0.1) is 10.4 Å². The number of hydrogen-bond acceptors (Lipinski definition) is 4. The Labute approximate surface area is 201 Å². The fraction of sp³-hybridized carbons (Fsp3) is 0.538. The number of rotatable bonds is 6. The van der Waals surface area contributed by atoms with Gasteiger partial charge in [0.25, 0.3) is 5.91 Å². The van der Waals surface area contributed by atoms with Gasteiger partial charge in [-0.05, 0) is 49.8 Å². The molecule has 7 nitrogen and oxygen atoms in total. The molecule has 1 amide bonds. The largest absolute Gasteiger partial charge is 0.349 e. The molecule has 1 saturated carbocycles. The second kappa shape index (κ2) is 10.4. The molecule has 0 radical (unpaired) electrons. The summed E-state index contributed by atoms with van der Waals surface area (Å²) in [6.45, 7) is 7.29. The molecule has 2 aromatic rings. The highest BCUT2D eigenvalue weighted by Crippen LogP contribution is 2.25. The summed E-state index contributed by atoms with van der Waals surface area (Å²) in [5, 5.41) is 3.30. The van der Waals surface area contributed by atoms with Gasteiger partial charge in [-0.2, -0.15) is 4.31 Å². The number of nitrogens with one attached hydrogen (secondary N) is 1. The topological polar surface area (TPSA) is 88.5 Å². The molecular weight excluding hydrogens is 450 g/mol. The third-order valence-electron chi connectivity index (χ3n) is 7.25. The van der Waals surface area contributed by atoms with Crippen molar-refractivity contribution in [2.24, 2.45) is 5.92 Å². The van der Waals surface area contributed by atoms with E-state index in [0.717, 1.165) is 51.4 Å².